The maximum atomic E-state index is 11.5. The predicted molar refractivity (Wildman–Crippen MR) is 161 cm³/mol. The summed E-state index contributed by atoms with van der Waals surface area (Å²) in [7, 11) is 0. The second kappa shape index (κ2) is 11.9. The summed E-state index contributed by atoms with van der Waals surface area (Å²) in [5.41, 5.74) is 4.20. The third kappa shape index (κ3) is 5.77. The van der Waals surface area contributed by atoms with Crippen molar-refractivity contribution in [2.24, 2.45) is 0 Å². The van der Waals surface area contributed by atoms with E-state index >= 15 is 0 Å². The highest BCUT2D eigenvalue weighted by atomic mass is 35.5. The average molecular weight is 630 g/mol. The molecule has 0 amide bonds. The number of carbonyl (C=O) groups is 1. The van der Waals surface area contributed by atoms with Crippen LogP contribution in [0.2, 0.25) is 15.1 Å². The number of ether oxygens (including phenoxy) is 1. The van der Waals surface area contributed by atoms with Crippen LogP contribution < -0.4 is 4.74 Å². The van der Waals surface area contributed by atoms with Crippen LogP contribution in [0.1, 0.15) is 109 Å². The third-order valence-electron chi connectivity index (χ3n) is 8.27. The maximum Gasteiger partial charge on any atom is 0.356 e. The van der Waals surface area contributed by atoms with E-state index in [9.17, 15) is 9.90 Å². The van der Waals surface area contributed by atoms with Gasteiger partial charge in [0, 0.05) is 46.6 Å². The number of carboxylic acid groups (broad SMARTS) is 1. The van der Waals surface area contributed by atoms with Crippen molar-refractivity contribution in [2.75, 3.05) is 0 Å². The molecule has 1 N–H and O–H groups in total. The van der Waals surface area contributed by atoms with Gasteiger partial charge in [-0.15, -0.1) is 0 Å². The second-order valence-corrected chi connectivity index (χ2v) is 12.7. The number of hydrogen-bond donors (Lipinski definition) is 1. The minimum absolute atomic E-state index is 0.0979. The van der Waals surface area contributed by atoms with Crippen LogP contribution in [0.15, 0.2) is 41.2 Å². The second-order valence-electron chi connectivity index (χ2n) is 11.4. The predicted octanol–water partition coefficient (Wildman–Crippen LogP) is 9.07. The van der Waals surface area contributed by atoms with Crippen molar-refractivity contribution in [1.82, 2.24) is 19.9 Å². The highest BCUT2D eigenvalue weighted by Crippen LogP contribution is 2.47. The standard InChI is InChI=1S/C31H31Cl3N4O4/c1-16(2)38-27(12-26(36-38)31(39)40)18-5-3-17(4-6-18)21-10-9-20(11-23(21)32)41-15-22-29(37-42-30(22)19-7-8-19)28-24(33)13-35-14-25(28)34/h9-14,16-19H,3-8,15H2,1-2H3,(H,39,40). The SMILES string of the molecule is CC(C)n1nc(C(=O)O)cc1C1CCC(c2ccc(OCc3c(-c4c(Cl)cncc4Cl)noc3C3CC3)cc2Cl)CC1. The average Bonchev–Trinajstić information content (AvgIpc) is 3.55. The van der Waals surface area contributed by atoms with Gasteiger partial charge in [0.05, 0.1) is 15.6 Å². The van der Waals surface area contributed by atoms with Crippen molar-refractivity contribution in [3.8, 4) is 17.0 Å². The Morgan fingerprint density at radius 1 is 1.00 bits per heavy atom. The summed E-state index contributed by atoms with van der Waals surface area (Å²) in [6.07, 6.45) is 8.96. The lowest BCUT2D eigenvalue weighted by Crippen LogP contribution is -2.17. The summed E-state index contributed by atoms with van der Waals surface area (Å²) >= 11 is 19.7. The van der Waals surface area contributed by atoms with Gasteiger partial charge in [0.25, 0.3) is 0 Å². The number of pyridine rings is 1. The molecule has 2 aliphatic carbocycles. The van der Waals surface area contributed by atoms with Crippen molar-refractivity contribution < 1.29 is 19.2 Å². The van der Waals surface area contributed by atoms with Crippen molar-refractivity contribution in [3.63, 3.8) is 0 Å². The summed E-state index contributed by atoms with van der Waals surface area (Å²) in [5, 5.41) is 19.6. The Balaban J connectivity index is 1.15. The van der Waals surface area contributed by atoms with Crippen molar-refractivity contribution in [1.29, 1.82) is 0 Å². The highest BCUT2D eigenvalue weighted by molar-refractivity contribution is 6.38. The summed E-state index contributed by atoms with van der Waals surface area (Å²) in [6, 6.07) is 7.71. The maximum absolute atomic E-state index is 11.5. The molecular formula is C31H31Cl3N4O4. The zero-order chi connectivity index (χ0) is 29.5. The molecule has 3 aromatic heterocycles. The van der Waals surface area contributed by atoms with E-state index in [4.69, 9.17) is 44.1 Å². The van der Waals surface area contributed by atoms with Crippen LogP contribution in [0.3, 0.4) is 0 Å². The van der Waals surface area contributed by atoms with Gasteiger partial charge >= 0.3 is 5.97 Å². The molecule has 4 aromatic rings. The molecule has 0 spiro atoms. The van der Waals surface area contributed by atoms with Crippen LogP contribution in [0, 0.1) is 0 Å². The highest BCUT2D eigenvalue weighted by Gasteiger charge is 2.34. The molecule has 220 valence electrons. The van der Waals surface area contributed by atoms with Crippen LogP contribution in [-0.2, 0) is 6.61 Å². The summed E-state index contributed by atoms with van der Waals surface area (Å²) < 4.78 is 13.8. The van der Waals surface area contributed by atoms with Gasteiger partial charge in [-0.3, -0.25) is 9.67 Å². The molecule has 0 radical (unpaired) electrons. The van der Waals surface area contributed by atoms with Crippen molar-refractivity contribution >= 4 is 40.8 Å². The largest absolute Gasteiger partial charge is 0.489 e. The van der Waals surface area contributed by atoms with E-state index in [0.717, 1.165) is 61.1 Å². The lowest BCUT2D eigenvalue weighted by atomic mass is 9.77. The number of halogens is 3. The van der Waals surface area contributed by atoms with E-state index in [1.165, 1.54) is 12.4 Å². The summed E-state index contributed by atoms with van der Waals surface area (Å²) in [4.78, 5) is 15.6. The lowest BCUT2D eigenvalue weighted by molar-refractivity contribution is 0.0689. The number of nitrogens with zero attached hydrogens (tertiary/aromatic N) is 4. The van der Waals surface area contributed by atoms with Gasteiger partial charge in [-0.25, -0.2) is 4.79 Å². The molecule has 2 fully saturated rings. The summed E-state index contributed by atoms with van der Waals surface area (Å²) in [5.74, 6) is 1.38. The van der Waals surface area contributed by atoms with Crippen molar-refractivity contribution in [2.45, 2.75) is 82.8 Å². The minimum atomic E-state index is -0.993. The van der Waals surface area contributed by atoms with Crippen LogP contribution in [0.5, 0.6) is 5.75 Å². The van der Waals surface area contributed by atoms with Crippen LogP contribution in [-0.4, -0.2) is 31.0 Å². The Hall–Kier alpha value is -3.07. The fourth-order valence-electron chi connectivity index (χ4n) is 5.98. The zero-order valence-electron chi connectivity index (χ0n) is 23.3. The van der Waals surface area contributed by atoms with Gasteiger partial charge in [-0.2, -0.15) is 5.10 Å². The Kier molecular flexibility index (Phi) is 8.22. The molecule has 0 saturated heterocycles. The number of benzene rings is 1. The van der Waals surface area contributed by atoms with Gasteiger partial charge in [-0.1, -0.05) is 46.0 Å². The molecule has 3 heterocycles. The number of hydrogen-bond acceptors (Lipinski definition) is 6. The number of aromatic carboxylic acids is 1. The third-order valence-corrected chi connectivity index (χ3v) is 9.17. The van der Waals surface area contributed by atoms with Gasteiger partial charge in [0.2, 0.25) is 0 Å². The quantitative estimate of drug-likeness (QED) is 0.197. The lowest BCUT2D eigenvalue weighted by Gasteiger charge is -2.30. The van der Waals surface area contributed by atoms with Crippen LogP contribution in [0.4, 0.5) is 0 Å². The molecule has 2 saturated carbocycles. The number of rotatable bonds is 9. The molecule has 11 heteroatoms. The zero-order valence-corrected chi connectivity index (χ0v) is 25.6. The fourth-order valence-corrected chi connectivity index (χ4v) is 6.85. The van der Waals surface area contributed by atoms with Gasteiger partial charge < -0.3 is 14.4 Å². The molecule has 0 unspecified atom stereocenters. The molecule has 8 nitrogen and oxygen atoms in total. The first-order valence-electron chi connectivity index (χ1n) is 14.2. The molecule has 0 bridgehead atoms. The van der Waals surface area contributed by atoms with E-state index in [0.29, 0.717) is 43.9 Å². The van der Waals surface area contributed by atoms with E-state index < -0.39 is 5.97 Å². The first kappa shape index (κ1) is 29.0. The molecule has 0 aliphatic heterocycles. The van der Waals surface area contributed by atoms with E-state index in [1.54, 1.807) is 6.07 Å². The minimum Gasteiger partial charge on any atom is -0.489 e. The van der Waals surface area contributed by atoms with Crippen LogP contribution >= 0.6 is 34.8 Å². The van der Waals surface area contributed by atoms with Gasteiger partial charge in [0.1, 0.15) is 23.8 Å². The molecule has 0 atom stereocenters. The van der Waals surface area contributed by atoms with Crippen LogP contribution in [0.25, 0.3) is 11.3 Å². The van der Waals surface area contributed by atoms with Gasteiger partial charge in [-0.05, 0) is 82.1 Å². The molecule has 1 aromatic carbocycles. The van der Waals surface area contributed by atoms with Gasteiger partial charge in [0.15, 0.2) is 5.69 Å². The number of carboxylic acids is 1. The normalized spacial score (nSPS) is 18.9. The first-order chi connectivity index (χ1) is 20.2. The summed E-state index contributed by atoms with van der Waals surface area (Å²) in [6.45, 7) is 4.29. The monoisotopic (exact) mass is 628 g/mol. The molecule has 2 aliphatic rings. The molecule has 42 heavy (non-hydrogen) atoms. The Labute approximate surface area is 258 Å². The number of aromatic nitrogens is 4. The van der Waals surface area contributed by atoms with Crippen molar-refractivity contribution in [3.05, 3.63) is 80.0 Å². The van der Waals surface area contributed by atoms with E-state index in [1.807, 2.05) is 30.7 Å². The Morgan fingerprint density at radius 3 is 2.29 bits per heavy atom. The molecule has 6 rings (SSSR count). The van der Waals surface area contributed by atoms with E-state index in [-0.39, 0.29) is 24.3 Å². The Bertz CT molecular complexity index is 1600. The smallest absolute Gasteiger partial charge is 0.356 e. The van der Waals surface area contributed by atoms with E-state index in [2.05, 4.69) is 21.3 Å². The molecular weight excluding hydrogens is 599 g/mol. The fraction of sp³-hybridized carbons (Fsp3) is 0.419. The first-order valence-corrected chi connectivity index (χ1v) is 15.4. The topological polar surface area (TPSA) is 103 Å². The Morgan fingerprint density at radius 2 is 1.67 bits per heavy atom.